The van der Waals surface area contributed by atoms with E-state index in [9.17, 15) is 22.8 Å². The highest BCUT2D eigenvalue weighted by atomic mass is 19.4. The molecule has 2 amide bonds. The van der Waals surface area contributed by atoms with Gasteiger partial charge in [0.05, 0.1) is 5.56 Å². The van der Waals surface area contributed by atoms with E-state index in [0.717, 1.165) is 35.4 Å². The maximum Gasteiger partial charge on any atom is 0.416 e. The molecule has 1 heterocycles. The van der Waals surface area contributed by atoms with Gasteiger partial charge in [-0.2, -0.15) is 13.2 Å². The molecule has 0 spiro atoms. The predicted octanol–water partition coefficient (Wildman–Crippen LogP) is 2.83. The van der Waals surface area contributed by atoms with Crippen LogP contribution in [0, 0.1) is 0 Å². The highest BCUT2D eigenvalue weighted by molar-refractivity contribution is 6.04. The summed E-state index contributed by atoms with van der Waals surface area (Å²) >= 11 is 0. The molecule has 27 heavy (non-hydrogen) atoms. The number of carbonyl (C=O) groups excluding carboxylic acids is 2. The van der Waals surface area contributed by atoms with Crippen molar-refractivity contribution in [3.05, 3.63) is 64.7 Å². The second-order valence-corrected chi connectivity index (χ2v) is 6.24. The smallest absolute Gasteiger partial charge is 0.387 e. The minimum atomic E-state index is -4.45. The monoisotopic (exact) mass is 378 g/mol. The lowest BCUT2D eigenvalue weighted by atomic mass is 9.99. The highest BCUT2D eigenvalue weighted by Gasteiger charge is 2.30. The molecule has 3 rings (SSSR count). The molecule has 1 aliphatic heterocycles. The summed E-state index contributed by atoms with van der Waals surface area (Å²) < 4.78 is 37.8. The lowest BCUT2D eigenvalue weighted by Crippen LogP contribution is -2.37. The van der Waals surface area contributed by atoms with Gasteiger partial charge in [-0.1, -0.05) is 6.07 Å². The van der Waals surface area contributed by atoms with Crippen LogP contribution < -0.4 is 5.32 Å². The molecule has 8 heteroatoms. The molecule has 2 N–H and O–H groups in total. The van der Waals surface area contributed by atoms with Crippen LogP contribution in [0.3, 0.4) is 0 Å². The van der Waals surface area contributed by atoms with Gasteiger partial charge in [0.15, 0.2) is 0 Å². The third kappa shape index (κ3) is 4.28. The molecule has 0 fully saturated rings. The van der Waals surface area contributed by atoms with Gasteiger partial charge in [-0.3, -0.25) is 9.59 Å². The third-order valence-electron chi connectivity index (χ3n) is 4.44. The van der Waals surface area contributed by atoms with Crippen molar-refractivity contribution < 1.29 is 27.9 Å². The Labute approximate surface area is 153 Å². The van der Waals surface area contributed by atoms with E-state index in [0.29, 0.717) is 25.2 Å². The molecule has 0 aromatic heterocycles. The first kappa shape index (κ1) is 18.9. The van der Waals surface area contributed by atoms with E-state index in [2.05, 4.69) is 5.32 Å². The average molecular weight is 378 g/mol. The number of nitrogens with zero attached hydrogens (tertiary/aromatic N) is 1. The van der Waals surface area contributed by atoms with Gasteiger partial charge in [0, 0.05) is 24.3 Å². The number of aliphatic hydroxyl groups is 1. The predicted molar refractivity (Wildman–Crippen MR) is 92.0 cm³/mol. The molecule has 0 saturated heterocycles. The number of alkyl halides is 3. The zero-order chi connectivity index (χ0) is 19.6. The van der Waals surface area contributed by atoms with E-state index in [-0.39, 0.29) is 11.5 Å². The first-order chi connectivity index (χ1) is 12.8. The fourth-order valence-electron chi connectivity index (χ4n) is 2.96. The summed E-state index contributed by atoms with van der Waals surface area (Å²) in [7, 11) is 0. The second kappa shape index (κ2) is 7.40. The molecule has 1 aliphatic rings. The molecule has 0 saturated carbocycles. The Morgan fingerprint density at radius 2 is 1.78 bits per heavy atom. The molecular formula is C19H17F3N2O3. The lowest BCUT2D eigenvalue weighted by Gasteiger charge is -2.28. The summed E-state index contributed by atoms with van der Waals surface area (Å²) in [5, 5.41) is 11.6. The summed E-state index contributed by atoms with van der Waals surface area (Å²) in [5.74, 6) is -0.886. The van der Waals surface area contributed by atoms with Crippen molar-refractivity contribution in [2.24, 2.45) is 0 Å². The standard InChI is InChI=1S/C19H17F3N2O3/c20-19(21,22)15-4-1-13(2-5-15)18(27)23-16-6-3-12-7-8-24(17(26)11-25)10-14(12)9-16/h1-6,9,25H,7-8,10-11H2,(H,23,27). The number of benzene rings is 2. The maximum atomic E-state index is 12.6. The number of anilines is 1. The van der Waals surface area contributed by atoms with Crippen LogP contribution in [0.25, 0.3) is 0 Å². The minimum Gasteiger partial charge on any atom is -0.387 e. The van der Waals surface area contributed by atoms with Gasteiger partial charge in [-0.15, -0.1) is 0 Å². The van der Waals surface area contributed by atoms with Crippen LogP contribution in [0.4, 0.5) is 18.9 Å². The van der Waals surface area contributed by atoms with E-state index in [1.165, 1.54) is 4.90 Å². The number of halogens is 3. The summed E-state index contributed by atoms with van der Waals surface area (Å²) in [5.41, 5.74) is 1.68. The van der Waals surface area contributed by atoms with Crippen molar-refractivity contribution in [2.45, 2.75) is 19.1 Å². The van der Waals surface area contributed by atoms with E-state index in [4.69, 9.17) is 5.11 Å². The van der Waals surface area contributed by atoms with Gasteiger partial charge in [0.1, 0.15) is 6.61 Å². The largest absolute Gasteiger partial charge is 0.416 e. The van der Waals surface area contributed by atoms with E-state index in [1.54, 1.807) is 12.1 Å². The Kier molecular flexibility index (Phi) is 5.18. The zero-order valence-electron chi connectivity index (χ0n) is 14.2. The van der Waals surface area contributed by atoms with Gasteiger partial charge >= 0.3 is 6.18 Å². The minimum absolute atomic E-state index is 0.109. The Hall–Kier alpha value is -2.87. The molecule has 2 aromatic rings. The van der Waals surface area contributed by atoms with Crippen LogP contribution in [-0.4, -0.2) is 35.0 Å². The summed E-state index contributed by atoms with van der Waals surface area (Å²) in [6.45, 7) is 0.294. The van der Waals surface area contributed by atoms with Crippen LogP contribution >= 0.6 is 0 Å². The lowest BCUT2D eigenvalue weighted by molar-refractivity contribution is -0.137. The Morgan fingerprint density at radius 1 is 1.07 bits per heavy atom. The topological polar surface area (TPSA) is 69.6 Å². The van der Waals surface area contributed by atoms with Crippen molar-refractivity contribution in [2.75, 3.05) is 18.5 Å². The summed E-state index contributed by atoms with van der Waals surface area (Å²) in [6.07, 6.45) is -3.81. The number of nitrogens with one attached hydrogen (secondary N) is 1. The third-order valence-corrected chi connectivity index (χ3v) is 4.44. The fraction of sp³-hybridized carbons (Fsp3) is 0.263. The molecule has 0 atom stereocenters. The SMILES string of the molecule is O=C(Nc1ccc2c(c1)CN(C(=O)CO)CC2)c1ccc(C(F)(F)F)cc1. The average Bonchev–Trinajstić information content (AvgIpc) is 2.66. The van der Waals surface area contributed by atoms with Crippen LogP contribution in [0.2, 0.25) is 0 Å². The van der Waals surface area contributed by atoms with Gasteiger partial charge in [0.2, 0.25) is 5.91 Å². The fourth-order valence-corrected chi connectivity index (χ4v) is 2.96. The number of hydrogen-bond acceptors (Lipinski definition) is 3. The first-order valence-corrected chi connectivity index (χ1v) is 8.27. The van der Waals surface area contributed by atoms with Gasteiger partial charge in [0.25, 0.3) is 5.91 Å². The normalized spacial score (nSPS) is 13.9. The van der Waals surface area contributed by atoms with Crippen molar-refractivity contribution in [3.63, 3.8) is 0 Å². The summed E-state index contributed by atoms with van der Waals surface area (Å²) in [4.78, 5) is 25.5. The number of hydrogen-bond donors (Lipinski definition) is 2. The maximum absolute atomic E-state index is 12.6. The summed E-state index contributed by atoms with van der Waals surface area (Å²) in [6, 6.07) is 9.26. The molecule has 5 nitrogen and oxygen atoms in total. The first-order valence-electron chi connectivity index (χ1n) is 8.27. The van der Waals surface area contributed by atoms with Gasteiger partial charge < -0.3 is 15.3 Å². The Balaban J connectivity index is 1.73. The molecule has 0 bridgehead atoms. The molecule has 142 valence electrons. The zero-order valence-corrected chi connectivity index (χ0v) is 14.2. The number of aliphatic hydroxyl groups excluding tert-OH is 1. The molecular weight excluding hydrogens is 361 g/mol. The molecule has 0 unspecified atom stereocenters. The quantitative estimate of drug-likeness (QED) is 0.863. The van der Waals surface area contributed by atoms with Crippen LogP contribution in [0.1, 0.15) is 27.0 Å². The molecule has 2 aromatic carbocycles. The van der Waals surface area contributed by atoms with Crippen LogP contribution in [0.15, 0.2) is 42.5 Å². The van der Waals surface area contributed by atoms with Crippen molar-refractivity contribution >= 4 is 17.5 Å². The van der Waals surface area contributed by atoms with E-state index < -0.39 is 24.3 Å². The molecule has 0 radical (unpaired) electrons. The van der Waals surface area contributed by atoms with Crippen molar-refractivity contribution in [1.29, 1.82) is 0 Å². The van der Waals surface area contributed by atoms with Gasteiger partial charge in [-0.05, 0) is 53.9 Å². The van der Waals surface area contributed by atoms with E-state index >= 15 is 0 Å². The van der Waals surface area contributed by atoms with E-state index in [1.807, 2.05) is 6.07 Å². The Morgan fingerprint density at radius 3 is 2.41 bits per heavy atom. The number of fused-ring (bicyclic) bond motifs is 1. The van der Waals surface area contributed by atoms with Crippen molar-refractivity contribution in [3.8, 4) is 0 Å². The number of amides is 2. The van der Waals surface area contributed by atoms with Crippen LogP contribution in [-0.2, 0) is 23.9 Å². The molecule has 0 aliphatic carbocycles. The van der Waals surface area contributed by atoms with Crippen molar-refractivity contribution in [1.82, 2.24) is 4.90 Å². The number of carbonyl (C=O) groups is 2. The van der Waals surface area contributed by atoms with Crippen LogP contribution in [0.5, 0.6) is 0 Å². The number of rotatable bonds is 3. The Bertz CT molecular complexity index is 863. The second-order valence-electron chi connectivity index (χ2n) is 6.24. The highest BCUT2D eigenvalue weighted by Crippen LogP contribution is 2.29. The van der Waals surface area contributed by atoms with Gasteiger partial charge in [-0.25, -0.2) is 0 Å².